The van der Waals surface area contributed by atoms with Gasteiger partial charge in [0.2, 0.25) is 0 Å². The molecular weight excluding hydrogens is 277 g/mol. The Labute approximate surface area is 123 Å². The zero-order chi connectivity index (χ0) is 14.9. The van der Waals surface area contributed by atoms with E-state index in [0.29, 0.717) is 27.6 Å². The van der Waals surface area contributed by atoms with Gasteiger partial charge in [-0.1, -0.05) is 17.7 Å². The van der Waals surface area contributed by atoms with Crippen molar-refractivity contribution in [3.8, 4) is 11.5 Å². The van der Waals surface area contributed by atoms with Crippen molar-refractivity contribution in [2.45, 2.75) is 26.8 Å². The number of hydrogen-bond acceptors (Lipinski definition) is 2. The van der Waals surface area contributed by atoms with Gasteiger partial charge in [0.1, 0.15) is 17.3 Å². The van der Waals surface area contributed by atoms with Crippen LogP contribution >= 0.6 is 11.6 Å². The first-order chi connectivity index (χ1) is 9.38. The molecule has 0 aliphatic rings. The molecule has 0 aliphatic heterocycles. The van der Waals surface area contributed by atoms with Crippen LogP contribution in [0.25, 0.3) is 0 Å². The molecule has 0 saturated heterocycles. The Morgan fingerprint density at radius 2 is 1.85 bits per heavy atom. The van der Waals surface area contributed by atoms with Crippen molar-refractivity contribution < 1.29 is 9.13 Å². The zero-order valence-electron chi connectivity index (χ0n) is 11.7. The van der Waals surface area contributed by atoms with Crippen molar-refractivity contribution >= 4 is 11.6 Å². The van der Waals surface area contributed by atoms with Gasteiger partial charge in [-0.2, -0.15) is 0 Å². The average Bonchev–Trinajstić information content (AvgIpc) is 2.36. The van der Waals surface area contributed by atoms with Gasteiger partial charge >= 0.3 is 0 Å². The van der Waals surface area contributed by atoms with Crippen molar-refractivity contribution in [1.29, 1.82) is 0 Å². The second-order valence-electron chi connectivity index (χ2n) is 4.96. The summed E-state index contributed by atoms with van der Waals surface area (Å²) in [7, 11) is 0. The molecule has 4 heteroatoms. The Morgan fingerprint density at radius 3 is 2.45 bits per heavy atom. The maximum Gasteiger partial charge on any atom is 0.146 e. The fourth-order valence-electron chi connectivity index (χ4n) is 1.92. The van der Waals surface area contributed by atoms with Gasteiger partial charge in [-0.3, -0.25) is 0 Å². The molecular formula is C16H17ClFNO. The summed E-state index contributed by atoms with van der Waals surface area (Å²) in [5, 5.41) is 0.516. The topological polar surface area (TPSA) is 35.2 Å². The normalized spacial score (nSPS) is 12.3. The van der Waals surface area contributed by atoms with E-state index >= 15 is 0 Å². The molecule has 1 unspecified atom stereocenters. The van der Waals surface area contributed by atoms with Crippen LogP contribution in [0, 0.1) is 19.7 Å². The van der Waals surface area contributed by atoms with Crippen LogP contribution in [0.3, 0.4) is 0 Å². The van der Waals surface area contributed by atoms with Gasteiger partial charge in [0.05, 0.1) is 5.02 Å². The Kier molecular flexibility index (Phi) is 4.31. The summed E-state index contributed by atoms with van der Waals surface area (Å²) in [6.45, 7) is 5.42. The quantitative estimate of drug-likeness (QED) is 0.873. The third-order valence-electron chi connectivity index (χ3n) is 3.09. The van der Waals surface area contributed by atoms with Gasteiger partial charge in [-0.25, -0.2) is 4.39 Å². The maximum absolute atomic E-state index is 13.7. The SMILES string of the molecule is Cc1ccc(Oc2cc(C)c(F)cc2C(C)N)c(Cl)c1. The van der Waals surface area contributed by atoms with E-state index in [1.165, 1.54) is 6.07 Å². The van der Waals surface area contributed by atoms with Crippen LogP contribution in [0.4, 0.5) is 4.39 Å². The van der Waals surface area contributed by atoms with Crippen LogP contribution in [0.15, 0.2) is 30.3 Å². The monoisotopic (exact) mass is 293 g/mol. The molecule has 0 aliphatic carbocycles. The van der Waals surface area contributed by atoms with Crippen molar-refractivity contribution in [3.63, 3.8) is 0 Å². The van der Waals surface area contributed by atoms with Crippen molar-refractivity contribution in [1.82, 2.24) is 0 Å². The number of halogens is 2. The summed E-state index contributed by atoms with van der Waals surface area (Å²) >= 11 is 6.15. The van der Waals surface area contributed by atoms with Gasteiger partial charge in [0.15, 0.2) is 0 Å². The Morgan fingerprint density at radius 1 is 1.15 bits per heavy atom. The van der Waals surface area contributed by atoms with E-state index in [4.69, 9.17) is 22.1 Å². The summed E-state index contributed by atoms with van der Waals surface area (Å²) in [4.78, 5) is 0. The van der Waals surface area contributed by atoms with Gasteiger partial charge < -0.3 is 10.5 Å². The fraction of sp³-hybridized carbons (Fsp3) is 0.250. The lowest BCUT2D eigenvalue weighted by Crippen LogP contribution is -2.08. The van der Waals surface area contributed by atoms with Crippen LogP contribution < -0.4 is 10.5 Å². The van der Waals surface area contributed by atoms with Crippen LogP contribution in [0.2, 0.25) is 5.02 Å². The Hall–Kier alpha value is -1.58. The van der Waals surface area contributed by atoms with Crippen molar-refractivity contribution in [2.75, 3.05) is 0 Å². The molecule has 2 aromatic rings. The van der Waals surface area contributed by atoms with Gasteiger partial charge in [0, 0.05) is 11.6 Å². The highest BCUT2D eigenvalue weighted by Crippen LogP contribution is 2.34. The molecule has 2 aromatic carbocycles. The number of benzene rings is 2. The zero-order valence-corrected chi connectivity index (χ0v) is 12.5. The van der Waals surface area contributed by atoms with Crippen LogP contribution in [-0.4, -0.2) is 0 Å². The maximum atomic E-state index is 13.7. The van der Waals surface area contributed by atoms with Crippen LogP contribution in [0.1, 0.15) is 29.7 Å². The largest absolute Gasteiger partial charge is 0.455 e. The summed E-state index contributed by atoms with van der Waals surface area (Å²) in [5.74, 6) is 0.773. The number of hydrogen-bond donors (Lipinski definition) is 1. The van der Waals surface area contributed by atoms with Crippen molar-refractivity contribution in [2.24, 2.45) is 5.73 Å². The van der Waals surface area contributed by atoms with Gasteiger partial charge in [-0.15, -0.1) is 0 Å². The minimum atomic E-state index is -0.329. The first kappa shape index (κ1) is 14.8. The molecule has 0 spiro atoms. The number of rotatable bonds is 3. The predicted molar refractivity (Wildman–Crippen MR) is 80.0 cm³/mol. The van der Waals surface area contributed by atoms with Gasteiger partial charge in [0.25, 0.3) is 0 Å². The molecule has 20 heavy (non-hydrogen) atoms. The lowest BCUT2D eigenvalue weighted by atomic mass is 10.0. The highest BCUT2D eigenvalue weighted by Gasteiger charge is 2.14. The number of nitrogens with two attached hydrogens (primary N) is 1. The van der Waals surface area contributed by atoms with E-state index in [2.05, 4.69) is 0 Å². The molecule has 0 bridgehead atoms. The molecule has 2 N–H and O–H groups in total. The average molecular weight is 294 g/mol. The van der Waals surface area contributed by atoms with Crippen molar-refractivity contribution in [3.05, 3.63) is 57.9 Å². The summed E-state index contributed by atoms with van der Waals surface area (Å²) in [6, 6.07) is 8.24. The minimum Gasteiger partial charge on any atom is -0.455 e. The highest BCUT2D eigenvalue weighted by molar-refractivity contribution is 6.32. The second-order valence-corrected chi connectivity index (χ2v) is 5.37. The Bertz CT molecular complexity index is 641. The van der Waals surface area contributed by atoms with E-state index in [0.717, 1.165) is 5.56 Å². The third-order valence-corrected chi connectivity index (χ3v) is 3.38. The molecule has 0 aromatic heterocycles. The van der Waals surface area contributed by atoms with E-state index in [-0.39, 0.29) is 11.9 Å². The molecule has 106 valence electrons. The van der Waals surface area contributed by atoms with E-state index in [9.17, 15) is 4.39 Å². The van der Waals surface area contributed by atoms with E-state index < -0.39 is 0 Å². The molecule has 0 heterocycles. The standard InChI is InChI=1S/C16H17ClFNO/c1-9-4-5-15(13(17)6-9)20-16-7-10(2)14(18)8-12(16)11(3)19/h4-8,11H,19H2,1-3H3. The smallest absolute Gasteiger partial charge is 0.146 e. The highest BCUT2D eigenvalue weighted by atomic mass is 35.5. The second kappa shape index (κ2) is 5.81. The molecule has 2 rings (SSSR count). The van der Waals surface area contributed by atoms with Gasteiger partial charge in [-0.05, 0) is 56.2 Å². The van der Waals surface area contributed by atoms with E-state index in [1.54, 1.807) is 26.0 Å². The van der Waals surface area contributed by atoms with Crippen LogP contribution in [-0.2, 0) is 0 Å². The lowest BCUT2D eigenvalue weighted by Gasteiger charge is -2.16. The summed E-state index contributed by atoms with van der Waals surface area (Å²) in [6.07, 6.45) is 0. The molecule has 0 amide bonds. The summed E-state index contributed by atoms with van der Waals surface area (Å²) in [5.41, 5.74) is 8.04. The van der Waals surface area contributed by atoms with E-state index in [1.807, 2.05) is 19.1 Å². The number of aryl methyl sites for hydroxylation is 2. The molecule has 1 atom stereocenters. The van der Waals surface area contributed by atoms with Crippen LogP contribution in [0.5, 0.6) is 11.5 Å². The lowest BCUT2D eigenvalue weighted by molar-refractivity contribution is 0.468. The first-order valence-corrected chi connectivity index (χ1v) is 6.76. The molecule has 0 fully saturated rings. The summed E-state index contributed by atoms with van der Waals surface area (Å²) < 4.78 is 19.5. The molecule has 0 saturated carbocycles. The minimum absolute atomic E-state index is 0.292. The Balaban J connectivity index is 2.44. The molecule has 0 radical (unpaired) electrons. The number of ether oxygens (including phenoxy) is 1. The molecule has 2 nitrogen and oxygen atoms in total. The predicted octanol–water partition coefficient (Wildman–Crippen LogP) is 4.91. The fourth-order valence-corrected chi connectivity index (χ4v) is 2.20. The first-order valence-electron chi connectivity index (χ1n) is 6.38. The third kappa shape index (κ3) is 3.11.